The molecule has 1 aromatic carbocycles. The molecule has 10 nitrogen and oxygen atoms in total. The maximum Gasteiger partial charge on any atom is 0.274 e. The van der Waals surface area contributed by atoms with Crippen LogP contribution in [0, 0.1) is 0 Å². The van der Waals surface area contributed by atoms with E-state index in [-0.39, 0.29) is 44.4 Å². The van der Waals surface area contributed by atoms with Gasteiger partial charge in [-0.1, -0.05) is 34.8 Å². The van der Waals surface area contributed by atoms with Crippen LogP contribution in [0.15, 0.2) is 41.1 Å². The largest absolute Gasteiger partial charge is 0.338 e. The van der Waals surface area contributed by atoms with E-state index in [2.05, 4.69) is 42.1 Å². The van der Waals surface area contributed by atoms with E-state index in [1.165, 1.54) is 29.1 Å². The van der Waals surface area contributed by atoms with Gasteiger partial charge in [-0.3, -0.25) is 19.2 Å². The lowest BCUT2D eigenvalue weighted by Crippen LogP contribution is -2.42. The van der Waals surface area contributed by atoms with Gasteiger partial charge in [0.25, 0.3) is 17.7 Å². The third-order valence-corrected chi connectivity index (χ3v) is 5.63. The van der Waals surface area contributed by atoms with Gasteiger partial charge in [0.2, 0.25) is 0 Å². The number of pyridine rings is 1. The van der Waals surface area contributed by atoms with Crippen molar-refractivity contribution < 1.29 is 19.2 Å². The number of hydrogen-bond donors (Lipinski definition) is 3. The molecule has 0 spiro atoms. The molecular weight excluding hydrogens is 563 g/mol. The first-order valence-electron chi connectivity index (χ1n) is 9.14. The number of aromatic nitrogens is 3. The van der Waals surface area contributed by atoms with Crippen molar-refractivity contribution in [1.82, 2.24) is 25.6 Å². The summed E-state index contributed by atoms with van der Waals surface area (Å²) in [5, 5.41) is 9.75. The second-order valence-corrected chi connectivity index (χ2v) is 8.70. The molecule has 1 unspecified atom stereocenters. The Kier molecular flexibility index (Phi) is 6.86. The van der Waals surface area contributed by atoms with E-state index in [1.807, 2.05) is 0 Å². The van der Waals surface area contributed by atoms with Gasteiger partial charge in [0, 0.05) is 17.3 Å². The summed E-state index contributed by atoms with van der Waals surface area (Å²) in [6.07, 6.45) is 1.50. The van der Waals surface area contributed by atoms with Crippen LogP contribution in [0.3, 0.4) is 0 Å². The molecule has 0 saturated carbocycles. The highest BCUT2D eigenvalue weighted by molar-refractivity contribution is 9.10. The van der Waals surface area contributed by atoms with Gasteiger partial charge < -0.3 is 10.6 Å². The summed E-state index contributed by atoms with van der Waals surface area (Å²) < 4.78 is 1.59. The van der Waals surface area contributed by atoms with Crippen LogP contribution < -0.4 is 16.1 Å². The number of carbonyl (C=O) groups excluding carboxylic acids is 3. The van der Waals surface area contributed by atoms with Crippen molar-refractivity contribution in [2.24, 2.45) is 0 Å². The molecular formula is C19H12BrCl3N6O4. The zero-order valence-electron chi connectivity index (χ0n) is 16.2. The van der Waals surface area contributed by atoms with E-state index in [4.69, 9.17) is 39.6 Å². The molecule has 3 N–H and O–H groups in total. The highest BCUT2D eigenvalue weighted by Crippen LogP contribution is 2.31. The Morgan fingerprint density at radius 2 is 1.97 bits per heavy atom. The maximum atomic E-state index is 13.2. The first kappa shape index (κ1) is 23.5. The van der Waals surface area contributed by atoms with Crippen LogP contribution in [-0.2, 0) is 9.63 Å². The van der Waals surface area contributed by atoms with Gasteiger partial charge in [-0.25, -0.2) is 15.1 Å². The molecule has 1 aliphatic heterocycles. The normalized spacial score (nSPS) is 15.3. The van der Waals surface area contributed by atoms with Crippen LogP contribution >= 0.6 is 50.7 Å². The van der Waals surface area contributed by atoms with Crippen LogP contribution in [0.4, 0.5) is 5.69 Å². The zero-order chi connectivity index (χ0) is 23.7. The van der Waals surface area contributed by atoms with E-state index in [0.717, 1.165) is 0 Å². The Bertz CT molecular complexity index is 1280. The van der Waals surface area contributed by atoms with Gasteiger partial charge >= 0.3 is 0 Å². The van der Waals surface area contributed by atoms with Crippen LogP contribution in [0.1, 0.15) is 20.8 Å². The Morgan fingerprint density at radius 1 is 1.18 bits per heavy atom. The minimum absolute atomic E-state index is 0.00845. The zero-order valence-corrected chi connectivity index (χ0v) is 20.1. The van der Waals surface area contributed by atoms with Gasteiger partial charge in [-0.2, -0.15) is 5.10 Å². The number of benzene rings is 1. The predicted molar refractivity (Wildman–Crippen MR) is 124 cm³/mol. The molecule has 4 rings (SSSR count). The first-order chi connectivity index (χ1) is 15.7. The molecule has 0 bridgehead atoms. The summed E-state index contributed by atoms with van der Waals surface area (Å²) in [6.45, 7) is -0.0569. The standard InChI is InChI=1S/C19H12BrCl3N6O4/c20-14-6-13(29(27-14)16-10(22)2-1-3-24-16)19(32)26-15-9(4-8(21)5-11(15)23)17(30)25-12-7-33-28-18(12)31/h1-6,12H,7H2,(H,25,30)(H,26,32)(H,28,31). The summed E-state index contributed by atoms with van der Waals surface area (Å²) in [4.78, 5) is 46.7. The second kappa shape index (κ2) is 9.65. The molecule has 170 valence electrons. The third kappa shape index (κ3) is 4.97. The van der Waals surface area contributed by atoms with Gasteiger partial charge in [-0.15, -0.1) is 0 Å². The molecule has 1 aliphatic rings. The number of amides is 3. The molecule has 1 fully saturated rings. The highest BCUT2D eigenvalue weighted by atomic mass is 79.9. The summed E-state index contributed by atoms with van der Waals surface area (Å²) in [7, 11) is 0. The van der Waals surface area contributed by atoms with Crippen molar-refractivity contribution in [2.45, 2.75) is 6.04 Å². The van der Waals surface area contributed by atoms with E-state index < -0.39 is 23.8 Å². The fourth-order valence-electron chi connectivity index (χ4n) is 2.95. The van der Waals surface area contributed by atoms with E-state index >= 15 is 0 Å². The Morgan fingerprint density at radius 3 is 2.67 bits per heavy atom. The molecule has 3 amide bonds. The highest BCUT2D eigenvalue weighted by Gasteiger charge is 2.29. The van der Waals surface area contributed by atoms with Crippen LogP contribution in [0.5, 0.6) is 0 Å². The smallest absolute Gasteiger partial charge is 0.274 e. The number of carbonyl (C=O) groups is 3. The van der Waals surface area contributed by atoms with E-state index in [1.54, 1.807) is 12.1 Å². The average Bonchev–Trinajstić information content (AvgIpc) is 3.35. The number of nitrogens with zero attached hydrogens (tertiary/aromatic N) is 3. The number of hydroxylamine groups is 1. The van der Waals surface area contributed by atoms with Crippen LogP contribution in [-0.4, -0.2) is 45.1 Å². The van der Waals surface area contributed by atoms with Crippen molar-refractivity contribution in [3.05, 3.63) is 67.5 Å². The van der Waals surface area contributed by atoms with Crippen molar-refractivity contribution in [3.8, 4) is 5.82 Å². The Hall–Kier alpha value is -2.70. The number of hydrogen-bond acceptors (Lipinski definition) is 6. The van der Waals surface area contributed by atoms with Gasteiger partial charge in [-0.05, 0) is 40.2 Å². The van der Waals surface area contributed by atoms with E-state index in [9.17, 15) is 14.4 Å². The molecule has 3 aromatic rings. The maximum absolute atomic E-state index is 13.2. The molecule has 1 saturated heterocycles. The number of rotatable bonds is 5. The van der Waals surface area contributed by atoms with Crippen LogP contribution in [0.25, 0.3) is 5.82 Å². The Labute approximate surface area is 209 Å². The molecule has 0 radical (unpaired) electrons. The quantitative estimate of drug-likeness (QED) is 0.429. The lowest BCUT2D eigenvalue weighted by Gasteiger charge is -2.15. The fourth-order valence-corrected chi connectivity index (χ4v) is 4.07. The SMILES string of the molecule is O=C(NC1CONC1=O)c1cc(Cl)cc(Cl)c1NC(=O)c1cc(Br)nn1-c1ncccc1Cl. The minimum atomic E-state index is -0.914. The van der Waals surface area contributed by atoms with Gasteiger partial charge in [0.15, 0.2) is 5.82 Å². The predicted octanol–water partition coefficient (Wildman–Crippen LogP) is 3.40. The lowest BCUT2D eigenvalue weighted by atomic mass is 10.1. The van der Waals surface area contributed by atoms with Gasteiger partial charge in [0.1, 0.15) is 22.9 Å². The molecule has 2 aromatic heterocycles. The summed E-state index contributed by atoms with van der Waals surface area (Å²) >= 11 is 21.8. The third-order valence-electron chi connectivity index (χ3n) is 4.43. The summed E-state index contributed by atoms with van der Waals surface area (Å²) in [6, 6.07) is 6.45. The summed E-state index contributed by atoms with van der Waals surface area (Å²) in [5.74, 6) is -1.64. The minimum Gasteiger partial charge on any atom is -0.338 e. The van der Waals surface area contributed by atoms with Gasteiger partial charge in [0.05, 0.1) is 21.3 Å². The van der Waals surface area contributed by atoms with Crippen molar-refractivity contribution in [1.29, 1.82) is 0 Å². The molecule has 14 heteroatoms. The lowest BCUT2D eigenvalue weighted by molar-refractivity contribution is -0.125. The molecule has 0 aliphatic carbocycles. The van der Waals surface area contributed by atoms with Crippen molar-refractivity contribution >= 4 is 74.1 Å². The number of anilines is 1. The molecule has 1 atom stereocenters. The molecule has 3 heterocycles. The first-order valence-corrected chi connectivity index (χ1v) is 11.1. The summed E-state index contributed by atoms with van der Waals surface area (Å²) in [5.41, 5.74) is 2.13. The van der Waals surface area contributed by atoms with Crippen LogP contribution in [0.2, 0.25) is 15.1 Å². The average molecular weight is 575 g/mol. The molecule has 33 heavy (non-hydrogen) atoms. The van der Waals surface area contributed by atoms with Crippen molar-refractivity contribution in [2.75, 3.05) is 11.9 Å². The Balaban J connectivity index is 1.68. The number of nitrogens with one attached hydrogen (secondary N) is 3. The second-order valence-electron chi connectivity index (χ2n) is 6.64. The number of halogens is 4. The monoisotopic (exact) mass is 572 g/mol. The van der Waals surface area contributed by atoms with E-state index in [0.29, 0.717) is 4.60 Å². The fraction of sp³-hybridized carbons (Fsp3) is 0.105. The van der Waals surface area contributed by atoms with Crippen molar-refractivity contribution in [3.63, 3.8) is 0 Å². The topological polar surface area (TPSA) is 127 Å².